The second kappa shape index (κ2) is 8.12. The second-order valence-electron chi connectivity index (χ2n) is 7.28. The van der Waals surface area contributed by atoms with Crippen LogP contribution in [0.15, 0.2) is 59.5 Å². The number of nitrogens with zero attached hydrogens (tertiary/aromatic N) is 1. The molecule has 156 valence electrons. The maximum Gasteiger partial charge on any atom is 0.313 e. The summed E-state index contributed by atoms with van der Waals surface area (Å²) < 4.78 is 45.0. The molecular formula is C21H24FNO5S. The van der Waals surface area contributed by atoms with Crippen molar-refractivity contribution in [1.29, 1.82) is 0 Å². The van der Waals surface area contributed by atoms with Gasteiger partial charge in [-0.1, -0.05) is 30.3 Å². The first-order chi connectivity index (χ1) is 13.7. The predicted molar refractivity (Wildman–Crippen MR) is 106 cm³/mol. The van der Waals surface area contributed by atoms with E-state index in [1.807, 2.05) is 19.1 Å². The highest BCUT2D eigenvalue weighted by Crippen LogP contribution is 2.37. The summed E-state index contributed by atoms with van der Waals surface area (Å²) in [5.74, 6) is -0.122. The molecule has 1 N–H and O–H groups in total. The van der Waals surface area contributed by atoms with Gasteiger partial charge in [0.25, 0.3) is 0 Å². The molecule has 0 bridgehead atoms. The Kier molecular flexibility index (Phi) is 5.95. The number of carbonyl (C=O) groups is 1. The normalized spacial score (nSPS) is 20.3. The number of ether oxygens (including phenoxy) is 1. The van der Waals surface area contributed by atoms with E-state index in [9.17, 15) is 22.7 Å². The monoisotopic (exact) mass is 421 g/mol. The fourth-order valence-electron chi connectivity index (χ4n) is 3.63. The summed E-state index contributed by atoms with van der Waals surface area (Å²) in [6.45, 7) is 2.02. The molecule has 0 radical (unpaired) electrons. The van der Waals surface area contributed by atoms with Crippen molar-refractivity contribution in [3.05, 3.63) is 60.2 Å². The van der Waals surface area contributed by atoms with Gasteiger partial charge in [-0.3, -0.25) is 4.79 Å². The van der Waals surface area contributed by atoms with Gasteiger partial charge < -0.3 is 14.7 Å². The number of hydrogen-bond donors (Lipinski definition) is 1. The zero-order valence-corrected chi connectivity index (χ0v) is 17.1. The minimum absolute atomic E-state index is 0.0168. The summed E-state index contributed by atoms with van der Waals surface area (Å²) in [6, 6.07) is 14.0. The summed E-state index contributed by atoms with van der Waals surface area (Å²) >= 11 is 0. The maximum absolute atomic E-state index is 14.9. The van der Waals surface area contributed by atoms with Crippen LogP contribution in [0.3, 0.4) is 0 Å². The molecule has 2 aromatic carbocycles. The van der Waals surface area contributed by atoms with E-state index in [0.29, 0.717) is 5.75 Å². The molecule has 1 heterocycles. The Bertz CT molecular complexity index is 960. The first kappa shape index (κ1) is 21.3. The Morgan fingerprint density at radius 2 is 1.83 bits per heavy atom. The molecule has 3 rings (SSSR count). The highest BCUT2D eigenvalue weighted by atomic mass is 32.2. The average Bonchev–Trinajstić information content (AvgIpc) is 3.07. The highest BCUT2D eigenvalue weighted by molar-refractivity contribution is 7.92. The lowest BCUT2D eigenvalue weighted by molar-refractivity contribution is -0.129. The van der Waals surface area contributed by atoms with Crippen LogP contribution < -0.4 is 4.74 Å². The molecule has 0 aromatic heterocycles. The van der Waals surface area contributed by atoms with E-state index < -0.39 is 27.4 Å². The van der Waals surface area contributed by atoms with Crippen LogP contribution >= 0.6 is 0 Å². The number of rotatable bonds is 7. The summed E-state index contributed by atoms with van der Waals surface area (Å²) in [5.41, 5.74) is 0.882. The topological polar surface area (TPSA) is 83.9 Å². The molecule has 1 fully saturated rings. The smallest absolute Gasteiger partial charge is 0.313 e. The van der Waals surface area contributed by atoms with Crippen LogP contribution in [0.5, 0.6) is 5.75 Å². The van der Waals surface area contributed by atoms with Crippen LogP contribution in [0.25, 0.3) is 0 Å². The number of amides is 1. The molecule has 1 unspecified atom stereocenters. The average molecular weight is 421 g/mol. The van der Waals surface area contributed by atoms with E-state index >= 15 is 0 Å². The number of hydrogen-bond acceptors (Lipinski definition) is 5. The predicted octanol–water partition coefficient (Wildman–Crippen LogP) is 3.08. The Hall–Kier alpha value is -2.45. The van der Waals surface area contributed by atoms with Crippen LogP contribution in [0, 0.1) is 5.92 Å². The van der Waals surface area contributed by atoms with E-state index in [2.05, 4.69) is 0 Å². The van der Waals surface area contributed by atoms with Gasteiger partial charge in [-0.25, -0.2) is 8.42 Å². The maximum atomic E-state index is 14.9. The standard InChI is InChI=1S/C21H24FNO5S/c1-15(17-8-10-18(28-2)11-9-17)23-14-16(12-20(23)24)13-21(22,25)29(26,27)19-6-4-3-5-7-19/h3-11,15-16,25H,12-14H2,1-2H3/t15-,16-,21?/m1/s1. The zero-order valence-electron chi connectivity index (χ0n) is 16.3. The summed E-state index contributed by atoms with van der Waals surface area (Å²) in [7, 11) is -3.03. The fourth-order valence-corrected chi connectivity index (χ4v) is 4.96. The number of likely N-dealkylation sites (tertiary alicyclic amines) is 1. The van der Waals surface area contributed by atoms with Crippen LogP contribution in [0.2, 0.25) is 0 Å². The number of sulfone groups is 1. The van der Waals surface area contributed by atoms with Crippen LogP contribution in [0.1, 0.15) is 31.4 Å². The van der Waals surface area contributed by atoms with Gasteiger partial charge in [0, 0.05) is 19.4 Å². The highest BCUT2D eigenvalue weighted by Gasteiger charge is 2.47. The number of aliphatic hydroxyl groups is 1. The lowest BCUT2D eigenvalue weighted by Gasteiger charge is -2.26. The molecule has 8 heteroatoms. The van der Waals surface area contributed by atoms with Crippen molar-refractivity contribution in [3.8, 4) is 5.75 Å². The van der Waals surface area contributed by atoms with Crippen molar-refractivity contribution in [2.24, 2.45) is 5.92 Å². The van der Waals surface area contributed by atoms with E-state index in [-0.39, 0.29) is 29.8 Å². The third kappa shape index (κ3) is 4.28. The van der Waals surface area contributed by atoms with Crippen LogP contribution in [-0.2, 0) is 14.6 Å². The third-order valence-corrected chi connectivity index (χ3v) is 7.19. The molecule has 1 aliphatic heterocycles. The number of methoxy groups -OCH3 is 1. The molecule has 3 atom stereocenters. The van der Waals surface area contributed by atoms with Crippen molar-refractivity contribution in [1.82, 2.24) is 4.90 Å². The van der Waals surface area contributed by atoms with E-state index in [0.717, 1.165) is 5.56 Å². The van der Waals surface area contributed by atoms with Gasteiger partial charge in [-0.05, 0) is 42.7 Å². The van der Waals surface area contributed by atoms with Crippen LogP contribution in [0.4, 0.5) is 4.39 Å². The fraction of sp³-hybridized carbons (Fsp3) is 0.381. The van der Waals surface area contributed by atoms with Crippen molar-refractivity contribution < 1.29 is 27.4 Å². The molecular weight excluding hydrogens is 397 g/mol. The summed E-state index contributed by atoms with van der Waals surface area (Å²) in [5, 5.41) is 6.70. The third-order valence-electron chi connectivity index (χ3n) is 5.31. The lowest BCUT2D eigenvalue weighted by atomic mass is 10.0. The molecule has 1 amide bonds. The first-order valence-electron chi connectivity index (χ1n) is 9.30. The summed E-state index contributed by atoms with van der Waals surface area (Å²) in [4.78, 5) is 13.8. The Morgan fingerprint density at radius 1 is 1.21 bits per heavy atom. The molecule has 29 heavy (non-hydrogen) atoms. The molecule has 1 saturated heterocycles. The zero-order chi connectivity index (χ0) is 21.2. The minimum atomic E-state index is -4.60. The van der Waals surface area contributed by atoms with Crippen molar-refractivity contribution in [3.63, 3.8) is 0 Å². The van der Waals surface area contributed by atoms with Gasteiger partial charge in [0.1, 0.15) is 5.75 Å². The Balaban J connectivity index is 1.72. The lowest BCUT2D eigenvalue weighted by Crippen LogP contribution is -2.36. The Morgan fingerprint density at radius 3 is 2.41 bits per heavy atom. The molecule has 0 aliphatic carbocycles. The molecule has 2 aromatic rings. The largest absolute Gasteiger partial charge is 0.497 e. The quantitative estimate of drug-likeness (QED) is 0.743. The van der Waals surface area contributed by atoms with Gasteiger partial charge in [0.15, 0.2) is 0 Å². The first-order valence-corrected chi connectivity index (χ1v) is 10.8. The molecule has 6 nitrogen and oxygen atoms in total. The van der Waals surface area contributed by atoms with Crippen molar-refractivity contribution in [2.75, 3.05) is 13.7 Å². The minimum Gasteiger partial charge on any atom is -0.497 e. The number of halogens is 1. The molecule has 0 saturated carbocycles. The second-order valence-corrected chi connectivity index (χ2v) is 9.38. The van der Waals surface area contributed by atoms with E-state index in [1.165, 1.54) is 24.3 Å². The van der Waals surface area contributed by atoms with Gasteiger partial charge in [0.2, 0.25) is 15.7 Å². The van der Waals surface area contributed by atoms with Gasteiger partial charge in [-0.15, -0.1) is 0 Å². The van der Waals surface area contributed by atoms with E-state index in [4.69, 9.17) is 4.74 Å². The van der Waals surface area contributed by atoms with E-state index in [1.54, 1.807) is 30.2 Å². The number of benzene rings is 2. The van der Waals surface area contributed by atoms with Gasteiger partial charge in [0.05, 0.1) is 18.0 Å². The molecule has 0 spiro atoms. The van der Waals surface area contributed by atoms with Gasteiger partial charge >= 0.3 is 5.19 Å². The SMILES string of the molecule is COc1ccc([C@@H](C)N2C[C@@H](CC(O)(F)S(=O)(=O)c3ccccc3)CC2=O)cc1. The number of carbonyl (C=O) groups excluding carboxylic acids is 1. The summed E-state index contributed by atoms with van der Waals surface area (Å²) in [6.07, 6.45) is -0.682. The molecule has 1 aliphatic rings. The Labute approximate surface area is 169 Å². The van der Waals surface area contributed by atoms with Crippen LogP contribution in [-0.4, -0.2) is 43.2 Å². The van der Waals surface area contributed by atoms with Crippen molar-refractivity contribution >= 4 is 15.7 Å². The number of alkyl halides is 1. The van der Waals surface area contributed by atoms with Crippen molar-refractivity contribution in [2.45, 2.75) is 35.9 Å². The van der Waals surface area contributed by atoms with Gasteiger partial charge in [-0.2, -0.15) is 4.39 Å².